The summed E-state index contributed by atoms with van der Waals surface area (Å²) in [5.41, 5.74) is 6.09. The molecule has 0 fully saturated rings. The number of phenolic OH excluding ortho intramolecular Hbond substituents is 1. The molecule has 200 valence electrons. The third kappa shape index (κ3) is 6.82. The first kappa shape index (κ1) is 26.8. The SMILES string of the molecule is O=c1[nH]c2c(O)ccc(C(O)CNCCc3cccc(CNCC(c4ccccc4)c4ccccc4)c3)c2s1. The molecular weight excluding hydrogens is 506 g/mol. The van der Waals surface area contributed by atoms with Gasteiger partial charge in [0.2, 0.25) is 0 Å². The number of aromatic nitrogens is 1. The van der Waals surface area contributed by atoms with Crippen molar-refractivity contribution in [2.75, 3.05) is 19.6 Å². The van der Waals surface area contributed by atoms with Crippen LogP contribution in [0.5, 0.6) is 5.75 Å². The topological polar surface area (TPSA) is 97.4 Å². The number of H-pyrrole nitrogens is 1. The number of hydrogen-bond acceptors (Lipinski definition) is 6. The summed E-state index contributed by atoms with van der Waals surface area (Å²) in [6.45, 7) is 2.70. The molecule has 1 unspecified atom stereocenters. The minimum atomic E-state index is -0.780. The van der Waals surface area contributed by atoms with Gasteiger partial charge in [0.15, 0.2) is 0 Å². The maximum atomic E-state index is 11.7. The van der Waals surface area contributed by atoms with E-state index in [1.165, 1.54) is 28.3 Å². The Bertz CT molecular complexity index is 1510. The third-order valence-electron chi connectivity index (χ3n) is 6.95. The van der Waals surface area contributed by atoms with Crippen LogP contribution in [0.4, 0.5) is 0 Å². The summed E-state index contributed by atoms with van der Waals surface area (Å²) in [7, 11) is 0. The maximum absolute atomic E-state index is 11.7. The largest absolute Gasteiger partial charge is 0.506 e. The molecule has 0 saturated carbocycles. The number of aromatic hydroxyl groups is 1. The van der Waals surface area contributed by atoms with Crippen molar-refractivity contribution < 1.29 is 10.2 Å². The highest BCUT2D eigenvalue weighted by atomic mass is 32.1. The monoisotopic (exact) mass is 539 g/mol. The highest BCUT2D eigenvalue weighted by Gasteiger charge is 2.16. The Labute approximate surface area is 232 Å². The van der Waals surface area contributed by atoms with E-state index in [0.29, 0.717) is 28.9 Å². The van der Waals surface area contributed by atoms with Gasteiger partial charge in [-0.25, -0.2) is 0 Å². The quantitative estimate of drug-likeness (QED) is 0.143. The van der Waals surface area contributed by atoms with Crippen molar-refractivity contribution in [1.82, 2.24) is 15.6 Å². The normalized spacial score (nSPS) is 12.3. The Morgan fingerprint density at radius 3 is 2.21 bits per heavy atom. The number of aromatic amines is 1. The van der Waals surface area contributed by atoms with Crippen LogP contribution in [0, 0.1) is 0 Å². The first-order valence-electron chi connectivity index (χ1n) is 13.2. The maximum Gasteiger partial charge on any atom is 0.305 e. The van der Waals surface area contributed by atoms with Crippen molar-refractivity contribution in [2.45, 2.75) is 25.0 Å². The Morgan fingerprint density at radius 2 is 1.49 bits per heavy atom. The molecule has 0 bridgehead atoms. The second kappa shape index (κ2) is 12.9. The molecule has 5 N–H and O–H groups in total. The molecule has 0 spiro atoms. The van der Waals surface area contributed by atoms with E-state index in [1.807, 2.05) is 0 Å². The van der Waals surface area contributed by atoms with Gasteiger partial charge in [0.25, 0.3) is 0 Å². The van der Waals surface area contributed by atoms with Gasteiger partial charge in [0, 0.05) is 31.1 Å². The van der Waals surface area contributed by atoms with E-state index in [4.69, 9.17) is 0 Å². The number of fused-ring (bicyclic) bond motifs is 1. The molecule has 7 heteroatoms. The van der Waals surface area contributed by atoms with Crippen LogP contribution in [0.1, 0.15) is 39.8 Å². The predicted octanol–water partition coefficient (Wildman–Crippen LogP) is 5.08. The van der Waals surface area contributed by atoms with E-state index in [9.17, 15) is 15.0 Å². The molecule has 1 heterocycles. The Kier molecular flexibility index (Phi) is 8.85. The Morgan fingerprint density at radius 1 is 0.795 bits per heavy atom. The fraction of sp³-hybridized carbons (Fsp3) is 0.219. The number of phenols is 1. The number of hydrogen-bond donors (Lipinski definition) is 5. The summed E-state index contributed by atoms with van der Waals surface area (Å²) in [4.78, 5) is 14.1. The van der Waals surface area contributed by atoms with Gasteiger partial charge in [-0.2, -0.15) is 0 Å². The summed E-state index contributed by atoms with van der Waals surface area (Å²) in [5.74, 6) is 0.297. The molecule has 0 amide bonds. The number of nitrogens with one attached hydrogen (secondary N) is 3. The summed E-state index contributed by atoms with van der Waals surface area (Å²) in [6, 6.07) is 33.0. The molecule has 5 aromatic rings. The molecule has 39 heavy (non-hydrogen) atoms. The zero-order chi connectivity index (χ0) is 27.0. The molecule has 0 aliphatic rings. The van der Waals surface area contributed by atoms with Crippen LogP contribution in [0.25, 0.3) is 10.2 Å². The number of aliphatic hydroxyl groups excluding tert-OH is 1. The van der Waals surface area contributed by atoms with Crippen LogP contribution in [0.3, 0.4) is 0 Å². The van der Waals surface area contributed by atoms with Gasteiger partial charge in [-0.1, -0.05) is 102 Å². The van der Waals surface area contributed by atoms with Gasteiger partial charge in [0.1, 0.15) is 11.3 Å². The molecule has 1 atom stereocenters. The van der Waals surface area contributed by atoms with E-state index in [0.717, 1.165) is 30.8 Å². The summed E-state index contributed by atoms with van der Waals surface area (Å²) in [5, 5.41) is 27.7. The third-order valence-corrected chi connectivity index (χ3v) is 7.88. The zero-order valence-electron chi connectivity index (χ0n) is 21.6. The predicted molar refractivity (Wildman–Crippen MR) is 159 cm³/mol. The number of rotatable bonds is 12. The van der Waals surface area contributed by atoms with Crippen LogP contribution in [0.2, 0.25) is 0 Å². The Balaban J connectivity index is 1.13. The van der Waals surface area contributed by atoms with Crippen molar-refractivity contribution in [3.8, 4) is 5.75 Å². The van der Waals surface area contributed by atoms with Crippen LogP contribution in [-0.4, -0.2) is 34.8 Å². The van der Waals surface area contributed by atoms with Crippen LogP contribution in [0.15, 0.2) is 102 Å². The molecule has 0 radical (unpaired) electrons. The average Bonchev–Trinajstić information content (AvgIpc) is 3.37. The van der Waals surface area contributed by atoms with E-state index in [2.05, 4.69) is 101 Å². The van der Waals surface area contributed by atoms with Crippen LogP contribution in [-0.2, 0) is 13.0 Å². The number of benzene rings is 4. The van der Waals surface area contributed by atoms with Crippen molar-refractivity contribution in [1.29, 1.82) is 0 Å². The zero-order valence-corrected chi connectivity index (χ0v) is 22.5. The second-order valence-corrected chi connectivity index (χ2v) is 10.7. The molecule has 0 aliphatic heterocycles. The second-order valence-electron chi connectivity index (χ2n) is 9.69. The van der Waals surface area contributed by atoms with Gasteiger partial charge >= 0.3 is 4.87 Å². The summed E-state index contributed by atoms with van der Waals surface area (Å²) < 4.78 is 0.594. The molecule has 4 aromatic carbocycles. The summed E-state index contributed by atoms with van der Waals surface area (Å²) >= 11 is 1.000. The highest BCUT2D eigenvalue weighted by molar-refractivity contribution is 7.16. The number of thiazole rings is 1. The fourth-order valence-corrected chi connectivity index (χ4v) is 5.86. The lowest BCUT2D eigenvalue weighted by Crippen LogP contribution is -2.24. The van der Waals surface area contributed by atoms with Crippen molar-refractivity contribution in [3.63, 3.8) is 0 Å². The smallest absolute Gasteiger partial charge is 0.305 e. The van der Waals surface area contributed by atoms with Gasteiger partial charge in [-0.05, 0) is 41.3 Å². The minimum Gasteiger partial charge on any atom is -0.506 e. The average molecular weight is 540 g/mol. The van der Waals surface area contributed by atoms with Gasteiger partial charge in [0.05, 0.1) is 10.8 Å². The van der Waals surface area contributed by atoms with Gasteiger partial charge in [-0.15, -0.1) is 0 Å². The highest BCUT2D eigenvalue weighted by Crippen LogP contribution is 2.31. The molecular formula is C32H33N3O3S. The molecule has 1 aromatic heterocycles. The van der Waals surface area contributed by atoms with E-state index in [-0.39, 0.29) is 16.5 Å². The van der Waals surface area contributed by atoms with Crippen molar-refractivity contribution in [2.24, 2.45) is 0 Å². The molecule has 0 aliphatic carbocycles. The van der Waals surface area contributed by atoms with Crippen LogP contribution < -0.4 is 15.5 Å². The molecule has 5 rings (SSSR count). The fourth-order valence-electron chi connectivity index (χ4n) is 4.94. The lowest BCUT2D eigenvalue weighted by Gasteiger charge is -2.19. The van der Waals surface area contributed by atoms with Crippen molar-refractivity contribution >= 4 is 21.6 Å². The standard InChI is InChI=1S/C32H33N3O3S/c36-28-15-14-26(31-30(28)35-32(38)39-31)29(37)21-33-17-16-22-8-7-9-23(18-22)19-34-20-27(24-10-3-1-4-11-24)25-12-5-2-6-13-25/h1-15,18,27,29,33-34,36-37H,16-17,19-21H2,(H,35,38). The van der Waals surface area contributed by atoms with E-state index in [1.54, 1.807) is 6.07 Å². The Hall–Kier alpha value is -3.75. The molecule has 0 saturated heterocycles. The van der Waals surface area contributed by atoms with Gasteiger partial charge in [-0.3, -0.25) is 4.79 Å². The van der Waals surface area contributed by atoms with Crippen molar-refractivity contribution in [3.05, 3.63) is 135 Å². The van der Waals surface area contributed by atoms with Crippen LogP contribution >= 0.6 is 11.3 Å². The van der Waals surface area contributed by atoms with E-state index < -0.39 is 6.10 Å². The summed E-state index contributed by atoms with van der Waals surface area (Å²) in [6.07, 6.45) is 0.0527. The lowest BCUT2D eigenvalue weighted by molar-refractivity contribution is 0.176. The van der Waals surface area contributed by atoms with Gasteiger partial charge < -0.3 is 25.8 Å². The molecule has 6 nitrogen and oxygen atoms in total. The first-order valence-corrected chi connectivity index (χ1v) is 14.0. The lowest BCUT2D eigenvalue weighted by atomic mass is 9.91. The minimum absolute atomic E-state index is 0.0114. The number of aliphatic hydroxyl groups is 1. The van der Waals surface area contributed by atoms with E-state index >= 15 is 0 Å². The first-order chi connectivity index (χ1) is 19.1.